The van der Waals surface area contributed by atoms with Crippen molar-refractivity contribution < 1.29 is 8.42 Å². The Labute approximate surface area is 130 Å². The van der Waals surface area contributed by atoms with Crippen LogP contribution in [0, 0.1) is 0 Å². The van der Waals surface area contributed by atoms with Crippen molar-refractivity contribution >= 4 is 26.0 Å². The van der Waals surface area contributed by atoms with Gasteiger partial charge in [0, 0.05) is 17.9 Å². The van der Waals surface area contributed by atoms with Gasteiger partial charge in [-0.25, -0.2) is 8.42 Å². The number of nitrogens with zero attached hydrogens (tertiary/aromatic N) is 1. The Morgan fingerprint density at radius 2 is 1.75 bits per heavy atom. The molecule has 112 valence electrons. The van der Waals surface area contributed by atoms with Crippen LogP contribution >= 0.6 is 15.9 Å². The minimum atomic E-state index is -3.36. The average molecular weight is 360 g/mol. The third-order valence-corrected chi connectivity index (χ3v) is 6.67. The molecular formula is C15H22BrNO2S. The smallest absolute Gasteiger partial charge is 0.207 e. The molecule has 0 heterocycles. The summed E-state index contributed by atoms with van der Waals surface area (Å²) in [6.07, 6.45) is 5.49. The van der Waals surface area contributed by atoms with E-state index in [-0.39, 0.29) is 6.04 Å². The highest BCUT2D eigenvalue weighted by Gasteiger charge is 2.30. The minimum absolute atomic E-state index is 0.176. The standard InChI is InChI=1S/C15H22BrNO2S/c1-2-17(14-6-4-3-5-7-14)20(18,19)15-10-8-13(12-16)9-11-15/h8-11,14H,2-7,12H2,1H3. The molecule has 1 fully saturated rings. The fraction of sp³-hybridized carbons (Fsp3) is 0.600. The van der Waals surface area contributed by atoms with Gasteiger partial charge < -0.3 is 0 Å². The summed E-state index contributed by atoms with van der Waals surface area (Å²) in [6.45, 7) is 2.48. The van der Waals surface area contributed by atoms with E-state index >= 15 is 0 Å². The fourth-order valence-electron chi connectivity index (χ4n) is 2.88. The van der Waals surface area contributed by atoms with Crippen molar-refractivity contribution in [3.8, 4) is 0 Å². The molecule has 1 aromatic rings. The van der Waals surface area contributed by atoms with E-state index in [1.165, 1.54) is 6.42 Å². The molecule has 20 heavy (non-hydrogen) atoms. The van der Waals surface area contributed by atoms with Gasteiger partial charge in [0.25, 0.3) is 0 Å². The predicted molar refractivity (Wildman–Crippen MR) is 85.5 cm³/mol. The van der Waals surface area contributed by atoms with E-state index in [0.29, 0.717) is 11.4 Å². The first-order valence-corrected chi connectivity index (χ1v) is 9.82. The summed E-state index contributed by atoms with van der Waals surface area (Å²) < 4.78 is 27.2. The third-order valence-electron chi connectivity index (χ3n) is 3.98. The first kappa shape index (κ1) is 16.0. The predicted octanol–water partition coefficient (Wildman–Crippen LogP) is 3.92. The van der Waals surface area contributed by atoms with Crippen LogP contribution in [0.25, 0.3) is 0 Å². The van der Waals surface area contributed by atoms with Crippen LogP contribution < -0.4 is 0 Å². The van der Waals surface area contributed by atoms with Gasteiger partial charge in [0.1, 0.15) is 0 Å². The van der Waals surface area contributed by atoms with Crippen LogP contribution in [0.1, 0.15) is 44.6 Å². The number of hydrogen-bond donors (Lipinski definition) is 0. The van der Waals surface area contributed by atoms with E-state index in [2.05, 4.69) is 15.9 Å². The lowest BCUT2D eigenvalue weighted by Crippen LogP contribution is -2.41. The normalized spacial score (nSPS) is 17.6. The number of halogens is 1. The van der Waals surface area contributed by atoms with Gasteiger partial charge in [-0.1, -0.05) is 54.2 Å². The maximum absolute atomic E-state index is 12.8. The highest BCUT2D eigenvalue weighted by Crippen LogP contribution is 2.27. The molecule has 5 heteroatoms. The molecule has 0 aromatic heterocycles. The second-order valence-electron chi connectivity index (χ2n) is 5.28. The molecule has 0 unspecified atom stereocenters. The van der Waals surface area contributed by atoms with Gasteiger partial charge in [-0.15, -0.1) is 0 Å². The number of hydrogen-bond acceptors (Lipinski definition) is 2. The van der Waals surface area contributed by atoms with E-state index in [0.717, 1.165) is 36.6 Å². The topological polar surface area (TPSA) is 37.4 Å². The Balaban J connectivity index is 2.25. The SMILES string of the molecule is CCN(C1CCCCC1)S(=O)(=O)c1ccc(CBr)cc1. The van der Waals surface area contributed by atoms with E-state index in [1.54, 1.807) is 16.4 Å². The zero-order chi connectivity index (χ0) is 14.6. The number of alkyl halides is 1. The van der Waals surface area contributed by atoms with Crippen LogP contribution in [0.5, 0.6) is 0 Å². The van der Waals surface area contributed by atoms with Crippen LogP contribution in [-0.4, -0.2) is 25.3 Å². The Hall–Kier alpha value is -0.390. The molecule has 0 spiro atoms. The summed E-state index contributed by atoms with van der Waals surface area (Å²) in [4.78, 5) is 0.412. The van der Waals surface area contributed by atoms with Crippen LogP contribution in [0.15, 0.2) is 29.2 Å². The summed E-state index contributed by atoms with van der Waals surface area (Å²) >= 11 is 3.38. The number of benzene rings is 1. The molecule has 0 saturated heterocycles. The van der Waals surface area contributed by atoms with Gasteiger partial charge in [-0.05, 0) is 30.5 Å². The highest BCUT2D eigenvalue weighted by molar-refractivity contribution is 9.08. The Kier molecular flexibility index (Phi) is 5.64. The van der Waals surface area contributed by atoms with E-state index in [4.69, 9.17) is 0 Å². The third kappa shape index (κ3) is 3.43. The second-order valence-corrected chi connectivity index (χ2v) is 7.73. The molecule has 0 aliphatic heterocycles. The Bertz CT molecular complexity index is 521. The Morgan fingerprint density at radius 3 is 2.25 bits per heavy atom. The van der Waals surface area contributed by atoms with E-state index < -0.39 is 10.0 Å². The van der Waals surface area contributed by atoms with Crippen molar-refractivity contribution in [2.45, 2.75) is 55.3 Å². The van der Waals surface area contributed by atoms with Crippen molar-refractivity contribution in [2.24, 2.45) is 0 Å². The summed E-state index contributed by atoms with van der Waals surface area (Å²) in [6, 6.07) is 7.36. The summed E-state index contributed by atoms with van der Waals surface area (Å²) in [5.74, 6) is 0. The van der Waals surface area contributed by atoms with Crippen molar-refractivity contribution in [3.63, 3.8) is 0 Å². The van der Waals surface area contributed by atoms with Crippen molar-refractivity contribution in [3.05, 3.63) is 29.8 Å². The van der Waals surface area contributed by atoms with Crippen LogP contribution in [0.3, 0.4) is 0 Å². The van der Waals surface area contributed by atoms with Gasteiger partial charge in [0.2, 0.25) is 10.0 Å². The second kappa shape index (κ2) is 7.05. The van der Waals surface area contributed by atoms with Gasteiger partial charge in [-0.3, -0.25) is 0 Å². The van der Waals surface area contributed by atoms with Gasteiger partial charge in [0.15, 0.2) is 0 Å². The van der Waals surface area contributed by atoms with E-state index in [9.17, 15) is 8.42 Å². The summed E-state index contributed by atoms with van der Waals surface area (Å²) in [5, 5.41) is 0.743. The molecule has 1 aliphatic carbocycles. The van der Waals surface area contributed by atoms with Crippen LogP contribution in [-0.2, 0) is 15.4 Å². The maximum atomic E-state index is 12.8. The number of rotatable bonds is 5. The lowest BCUT2D eigenvalue weighted by atomic mass is 9.95. The van der Waals surface area contributed by atoms with Crippen LogP contribution in [0.4, 0.5) is 0 Å². The molecule has 2 rings (SSSR count). The molecule has 1 aromatic carbocycles. The molecule has 1 saturated carbocycles. The molecule has 0 N–H and O–H groups in total. The zero-order valence-electron chi connectivity index (χ0n) is 11.9. The molecule has 1 aliphatic rings. The first-order chi connectivity index (χ1) is 9.59. The average Bonchev–Trinajstić information content (AvgIpc) is 2.49. The largest absolute Gasteiger partial charge is 0.243 e. The summed E-state index contributed by atoms with van der Waals surface area (Å²) in [5.41, 5.74) is 1.09. The van der Waals surface area contributed by atoms with Crippen molar-refractivity contribution in [1.29, 1.82) is 0 Å². The maximum Gasteiger partial charge on any atom is 0.243 e. The minimum Gasteiger partial charge on any atom is -0.207 e. The zero-order valence-corrected chi connectivity index (χ0v) is 14.3. The number of sulfonamides is 1. The van der Waals surface area contributed by atoms with Crippen molar-refractivity contribution in [1.82, 2.24) is 4.31 Å². The van der Waals surface area contributed by atoms with E-state index in [1.807, 2.05) is 19.1 Å². The Morgan fingerprint density at radius 1 is 1.15 bits per heavy atom. The quantitative estimate of drug-likeness (QED) is 0.747. The molecular weight excluding hydrogens is 338 g/mol. The van der Waals surface area contributed by atoms with Gasteiger partial charge >= 0.3 is 0 Å². The first-order valence-electron chi connectivity index (χ1n) is 7.26. The monoisotopic (exact) mass is 359 g/mol. The van der Waals surface area contributed by atoms with Gasteiger partial charge in [0.05, 0.1) is 4.90 Å². The lowest BCUT2D eigenvalue weighted by Gasteiger charge is -2.32. The van der Waals surface area contributed by atoms with Crippen molar-refractivity contribution in [2.75, 3.05) is 6.54 Å². The lowest BCUT2D eigenvalue weighted by molar-refractivity contribution is 0.261. The van der Waals surface area contributed by atoms with Crippen LogP contribution in [0.2, 0.25) is 0 Å². The highest BCUT2D eigenvalue weighted by atomic mass is 79.9. The van der Waals surface area contributed by atoms with Gasteiger partial charge in [-0.2, -0.15) is 4.31 Å². The molecule has 0 amide bonds. The molecule has 0 bridgehead atoms. The molecule has 3 nitrogen and oxygen atoms in total. The fourth-order valence-corrected chi connectivity index (χ4v) is 4.95. The molecule has 0 atom stereocenters. The summed E-state index contributed by atoms with van der Waals surface area (Å²) in [7, 11) is -3.36. The molecule has 0 radical (unpaired) electrons.